The molecular weight excluding hydrogens is 452 g/mol. The minimum Gasteiger partial charge on any atom is -0.461 e. The number of anilines is 2. The molecule has 0 saturated carbocycles. The largest absolute Gasteiger partial charge is 0.461 e. The minimum absolute atomic E-state index is 0.333. The Balaban J connectivity index is 0.000000181. The van der Waals surface area contributed by atoms with E-state index >= 15 is 0 Å². The van der Waals surface area contributed by atoms with E-state index in [1.165, 1.54) is 22.7 Å². The molecule has 0 unspecified atom stereocenters. The standard InChI is InChI=1S/2C10H15N3O2S/c2*1-2-15-9(14)8-7-16-10(12-8)13-5-3-11-4-6-13/h2*7,11H,2-6H2,1H3. The van der Waals surface area contributed by atoms with Gasteiger partial charge in [-0.25, -0.2) is 19.6 Å². The van der Waals surface area contributed by atoms with Crippen molar-refractivity contribution in [3.05, 3.63) is 22.1 Å². The third-order valence-electron chi connectivity index (χ3n) is 4.73. The molecule has 2 aromatic rings. The molecule has 0 aliphatic carbocycles. The normalized spacial score (nSPS) is 16.2. The number of hydrogen-bond donors (Lipinski definition) is 2. The second-order valence-electron chi connectivity index (χ2n) is 6.95. The van der Waals surface area contributed by atoms with Crippen LogP contribution in [0.5, 0.6) is 0 Å². The van der Waals surface area contributed by atoms with Crippen LogP contribution in [0.2, 0.25) is 0 Å². The summed E-state index contributed by atoms with van der Waals surface area (Å²) in [6.45, 7) is 12.0. The Morgan fingerprint density at radius 2 is 1.19 bits per heavy atom. The maximum atomic E-state index is 11.4. The van der Waals surface area contributed by atoms with Gasteiger partial charge in [-0.15, -0.1) is 22.7 Å². The Bertz CT molecular complexity index is 792. The quantitative estimate of drug-likeness (QED) is 0.587. The highest BCUT2D eigenvalue weighted by Gasteiger charge is 2.18. The van der Waals surface area contributed by atoms with Crippen LogP contribution in [0.4, 0.5) is 10.3 Å². The molecule has 0 radical (unpaired) electrons. The molecule has 2 fully saturated rings. The van der Waals surface area contributed by atoms with E-state index in [0.717, 1.165) is 62.6 Å². The Morgan fingerprint density at radius 3 is 1.53 bits per heavy atom. The summed E-state index contributed by atoms with van der Waals surface area (Å²) in [5.74, 6) is -0.666. The van der Waals surface area contributed by atoms with Crippen LogP contribution in [0.25, 0.3) is 0 Å². The lowest BCUT2D eigenvalue weighted by Crippen LogP contribution is -2.43. The highest BCUT2D eigenvalue weighted by molar-refractivity contribution is 7.14. The molecule has 2 aliphatic heterocycles. The Morgan fingerprint density at radius 1 is 0.812 bits per heavy atom. The zero-order valence-electron chi connectivity index (χ0n) is 18.5. The van der Waals surface area contributed by atoms with Crippen LogP contribution in [-0.4, -0.2) is 87.5 Å². The van der Waals surface area contributed by atoms with E-state index in [4.69, 9.17) is 9.47 Å². The lowest BCUT2D eigenvalue weighted by atomic mass is 10.4. The van der Waals surface area contributed by atoms with Gasteiger partial charge >= 0.3 is 11.9 Å². The second kappa shape index (κ2) is 12.7. The number of nitrogens with one attached hydrogen (secondary N) is 2. The zero-order valence-corrected chi connectivity index (χ0v) is 20.1. The molecule has 176 valence electrons. The summed E-state index contributed by atoms with van der Waals surface area (Å²) < 4.78 is 9.81. The predicted molar refractivity (Wildman–Crippen MR) is 126 cm³/mol. The molecule has 0 amide bonds. The topological polar surface area (TPSA) is 109 Å². The van der Waals surface area contributed by atoms with Crippen LogP contribution in [0.3, 0.4) is 0 Å². The van der Waals surface area contributed by atoms with Gasteiger partial charge in [-0.05, 0) is 13.8 Å². The van der Waals surface area contributed by atoms with Gasteiger partial charge in [-0.3, -0.25) is 0 Å². The fourth-order valence-corrected chi connectivity index (χ4v) is 4.83. The van der Waals surface area contributed by atoms with Crippen molar-refractivity contribution in [1.29, 1.82) is 0 Å². The van der Waals surface area contributed by atoms with Gasteiger partial charge in [0.2, 0.25) is 0 Å². The Hall–Kier alpha value is -2.28. The number of ether oxygens (including phenoxy) is 2. The van der Waals surface area contributed by atoms with Crippen molar-refractivity contribution in [2.45, 2.75) is 13.8 Å². The van der Waals surface area contributed by atoms with Crippen LogP contribution < -0.4 is 20.4 Å². The SMILES string of the molecule is CCOC(=O)c1csc(N2CCNCC2)n1.CCOC(=O)c1csc(N2CCNCC2)n1. The van der Waals surface area contributed by atoms with Gasteiger partial charge in [0.05, 0.1) is 13.2 Å². The molecule has 2 aromatic heterocycles. The van der Waals surface area contributed by atoms with Crippen LogP contribution in [0.15, 0.2) is 10.8 Å². The summed E-state index contributed by atoms with van der Waals surface area (Å²) in [4.78, 5) is 35.8. The molecule has 4 heterocycles. The van der Waals surface area contributed by atoms with Gasteiger partial charge in [0, 0.05) is 63.1 Å². The van der Waals surface area contributed by atoms with E-state index in [0.29, 0.717) is 24.6 Å². The first kappa shape index (κ1) is 24.4. The van der Waals surface area contributed by atoms with Gasteiger partial charge in [-0.1, -0.05) is 0 Å². The summed E-state index contributed by atoms with van der Waals surface area (Å²) in [5.41, 5.74) is 0.834. The molecule has 4 rings (SSSR count). The third kappa shape index (κ3) is 6.86. The average molecular weight is 483 g/mol. The van der Waals surface area contributed by atoms with Crippen LogP contribution in [0.1, 0.15) is 34.8 Å². The smallest absolute Gasteiger partial charge is 0.357 e. The lowest BCUT2D eigenvalue weighted by molar-refractivity contribution is 0.0511. The third-order valence-corrected chi connectivity index (χ3v) is 6.53. The number of thiazole rings is 2. The first-order valence-corrected chi connectivity index (χ1v) is 12.5. The molecule has 2 aliphatic rings. The van der Waals surface area contributed by atoms with Gasteiger partial charge in [0.25, 0.3) is 0 Å². The van der Waals surface area contributed by atoms with Gasteiger partial charge in [0.15, 0.2) is 21.7 Å². The highest BCUT2D eigenvalue weighted by atomic mass is 32.1. The van der Waals surface area contributed by atoms with Crippen LogP contribution in [0, 0.1) is 0 Å². The highest BCUT2D eigenvalue weighted by Crippen LogP contribution is 2.22. The molecule has 0 spiro atoms. The van der Waals surface area contributed by atoms with E-state index in [9.17, 15) is 9.59 Å². The molecular formula is C20H30N6O4S2. The Labute approximate surface area is 195 Å². The summed E-state index contributed by atoms with van der Waals surface area (Å²) in [6, 6.07) is 0. The first-order chi connectivity index (χ1) is 15.6. The predicted octanol–water partition coefficient (Wildman–Crippen LogP) is 1.46. The number of nitrogens with zero attached hydrogens (tertiary/aromatic N) is 4. The van der Waals surface area contributed by atoms with Crippen molar-refractivity contribution in [2.24, 2.45) is 0 Å². The number of carbonyl (C=O) groups excluding carboxylic acids is 2. The number of aromatic nitrogens is 2. The molecule has 2 N–H and O–H groups in total. The zero-order chi connectivity index (χ0) is 22.8. The van der Waals surface area contributed by atoms with E-state index in [-0.39, 0.29) is 11.9 Å². The van der Waals surface area contributed by atoms with Crippen molar-refractivity contribution in [3.8, 4) is 0 Å². The summed E-state index contributed by atoms with van der Waals surface area (Å²) >= 11 is 2.99. The van der Waals surface area contributed by atoms with E-state index in [1.54, 1.807) is 24.6 Å². The molecule has 0 bridgehead atoms. The summed E-state index contributed by atoms with van der Waals surface area (Å²) in [6.07, 6.45) is 0. The number of rotatable bonds is 6. The number of hydrogen-bond acceptors (Lipinski definition) is 12. The van der Waals surface area contributed by atoms with Crippen molar-refractivity contribution < 1.29 is 19.1 Å². The van der Waals surface area contributed by atoms with E-state index in [1.807, 2.05) is 0 Å². The van der Waals surface area contributed by atoms with Crippen LogP contribution in [-0.2, 0) is 9.47 Å². The van der Waals surface area contributed by atoms with Crippen molar-refractivity contribution in [1.82, 2.24) is 20.6 Å². The van der Waals surface area contributed by atoms with Gasteiger partial charge < -0.3 is 29.9 Å². The molecule has 0 atom stereocenters. The minimum atomic E-state index is -0.333. The van der Waals surface area contributed by atoms with Crippen molar-refractivity contribution >= 4 is 44.9 Å². The summed E-state index contributed by atoms with van der Waals surface area (Å²) in [5, 5.41) is 11.9. The fourth-order valence-electron chi connectivity index (χ4n) is 3.13. The Kier molecular flexibility index (Phi) is 9.65. The van der Waals surface area contributed by atoms with Crippen molar-refractivity contribution in [2.75, 3.05) is 75.4 Å². The maximum absolute atomic E-state index is 11.4. The number of piperazine rings is 2. The van der Waals surface area contributed by atoms with E-state index in [2.05, 4.69) is 30.4 Å². The average Bonchev–Trinajstić information content (AvgIpc) is 3.52. The van der Waals surface area contributed by atoms with Gasteiger partial charge in [-0.2, -0.15) is 0 Å². The number of carbonyl (C=O) groups is 2. The first-order valence-electron chi connectivity index (χ1n) is 10.8. The molecule has 0 aromatic carbocycles. The lowest BCUT2D eigenvalue weighted by Gasteiger charge is -2.26. The maximum Gasteiger partial charge on any atom is 0.357 e. The second-order valence-corrected chi connectivity index (χ2v) is 8.62. The number of esters is 2. The van der Waals surface area contributed by atoms with E-state index < -0.39 is 0 Å². The van der Waals surface area contributed by atoms with Crippen LogP contribution >= 0.6 is 22.7 Å². The fraction of sp³-hybridized carbons (Fsp3) is 0.600. The molecule has 10 nitrogen and oxygen atoms in total. The molecule has 2 saturated heterocycles. The summed E-state index contributed by atoms with van der Waals surface area (Å²) in [7, 11) is 0. The molecule has 32 heavy (non-hydrogen) atoms. The van der Waals surface area contributed by atoms with Gasteiger partial charge in [0.1, 0.15) is 0 Å². The molecule has 12 heteroatoms. The van der Waals surface area contributed by atoms with Crippen molar-refractivity contribution in [3.63, 3.8) is 0 Å². The monoisotopic (exact) mass is 482 g/mol.